The molecule has 10 heteroatoms. The van der Waals surface area contributed by atoms with E-state index in [1.165, 1.54) is 18.4 Å². The van der Waals surface area contributed by atoms with Crippen LogP contribution in [0.4, 0.5) is 11.6 Å². The molecule has 0 radical (unpaired) electrons. The van der Waals surface area contributed by atoms with Crippen molar-refractivity contribution >= 4 is 22.8 Å². The molecule has 10 nitrogen and oxygen atoms in total. The first-order valence-corrected chi connectivity index (χ1v) is 13.6. The zero-order valence-electron chi connectivity index (χ0n) is 21.6. The van der Waals surface area contributed by atoms with Gasteiger partial charge in [0.2, 0.25) is 0 Å². The fourth-order valence-electron chi connectivity index (χ4n) is 5.77. The Labute approximate surface area is 225 Å². The molecule has 4 aromatic heterocycles. The maximum atomic E-state index is 6.30. The van der Waals surface area contributed by atoms with Crippen molar-refractivity contribution < 1.29 is 4.74 Å². The van der Waals surface area contributed by atoms with E-state index in [2.05, 4.69) is 39.0 Å². The molecule has 196 valence electrons. The molecule has 39 heavy (non-hydrogen) atoms. The number of anilines is 2. The SMILES string of the molecule is Nc1ncccc1-c1nc2ccc(-n3ccc(N4CCN(C5CC5)CC4)n3)nc2n1-c1ccc2c(c1)OCC2. The van der Waals surface area contributed by atoms with Crippen LogP contribution in [0, 0.1) is 0 Å². The molecule has 5 aromatic rings. The Hall–Kier alpha value is -4.44. The van der Waals surface area contributed by atoms with Crippen LogP contribution in [0.1, 0.15) is 18.4 Å². The highest BCUT2D eigenvalue weighted by atomic mass is 16.5. The van der Waals surface area contributed by atoms with E-state index >= 15 is 0 Å². The molecular weight excluding hydrogens is 490 g/mol. The second-order valence-corrected chi connectivity index (χ2v) is 10.5. The molecule has 0 spiro atoms. The van der Waals surface area contributed by atoms with Crippen LogP contribution in [-0.2, 0) is 6.42 Å². The third-order valence-electron chi connectivity index (χ3n) is 8.02. The van der Waals surface area contributed by atoms with Gasteiger partial charge in [-0.3, -0.25) is 9.47 Å². The molecule has 0 unspecified atom stereocenters. The van der Waals surface area contributed by atoms with E-state index in [9.17, 15) is 0 Å². The molecule has 2 N–H and O–H groups in total. The molecule has 8 rings (SSSR count). The van der Waals surface area contributed by atoms with Gasteiger partial charge in [0.1, 0.15) is 17.1 Å². The van der Waals surface area contributed by atoms with E-state index < -0.39 is 0 Å². The lowest BCUT2D eigenvalue weighted by Crippen LogP contribution is -2.47. The lowest BCUT2D eigenvalue weighted by molar-refractivity contribution is 0.247. The summed E-state index contributed by atoms with van der Waals surface area (Å²) in [6, 6.07) is 16.9. The number of benzene rings is 1. The number of imidazole rings is 1. The van der Waals surface area contributed by atoms with Gasteiger partial charge in [0, 0.05) is 63.2 Å². The number of nitrogen functional groups attached to an aromatic ring is 1. The Balaban J connectivity index is 1.20. The van der Waals surface area contributed by atoms with E-state index in [1.807, 2.05) is 39.7 Å². The van der Waals surface area contributed by atoms with Crippen molar-refractivity contribution in [2.75, 3.05) is 43.4 Å². The minimum absolute atomic E-state index is 0.421. The molecule has 3 aliphatic rings. The van der Waals surface area contributed by atoms with Crippen LogP contribution in [0.2, 0.25) is 0 Å². The Morgan fingerprint density at radius 3 is 2.67 bits per heavy atom. The number of ether oxygens (including phenoxy) is 1. The molecule has 6 heterocycles. The molecule has 1 aliphatic carbocycles. The van der Waals surface area contributed by atoms with Crippen LogP contribution >= 0.6 is 0 Å². The number of fused-ring (bicyclic) bond motifs is 2. The second-order valence-electron chi connectivity index (χ2n) is 10.5. The summed E-state index contributed by atoms with van der Waals surface area (Å²) >= 11 is 0. The van der Waals surface area contributed by atoms with Gasteiger partial charge < -0.3 is 15.4 Å². The molecule has 0 amide bonds. The summed E-state index contributed by atoms with van der Waals surface area (Å²) in [7, 11) is 0. The lowest BCUT2D eigenvalue weighted by Gasteiger charge is -2.34. The number of rotatable bonds is 5. The summed E-state index contributed by atoms with van der Waals surface area (Å²) in [5.41, 5.74) is 10.7. The van der Waals surface area contributed by atoms with E-state index in [0.717, 1.165) is 78.4 Å². The van der Waals surface area contributed by atoms with Gasteiger partial charge in [0.25, 0.3) is 0 Å². The third kappa shape index (κ3) is 3.90. The zero-order chi connectivity index (χ0) is 25.9. The highest BCUT2D eigenvalue weighted by Crippen LogP contribution is 2.34. The van der Waals surface area contributed by atoms with E-state index in [1.54, 1.807) is 6.20 Å². The van der Waals surface area contributed by atoms with E-state index in [-0.39, 0.29) is 0 Å². The van der Waals surface area contributed by atoms with Crippen molar-refractivity contribution in [3.63, 3.8) is 0 Å². The van der Waals surface area contributed by atoms with Gasteiger partial charge in [-0.1, -0.05) is 6.07 Å². The highest BCUT2D eigenvalue weighted by molar-refractivity contribution is 5.83. The van der Waals surface area contributed by atoms with Crippen LogP contribution in [0.5, 0.6) is 5.75 Å². The summed E-state index contributed by atoms with van der Waals surface area (Å²) in [5.74, 6) is 3.72. The Morgan fingerprint density at radius 2 is 1.82 bits per heavy atom. The van der Waals surface area contributed by atoms with Gasteiger partial charge in [0.05, 0.1) is 17.9 Å². The fraction of sp³-hybridized carbons (Fsp3) is 0.310. The number of piperazine rings is 1. The van der Waals surface area contributed by atoms with E-state index in [0.29, 0.717) is 18.2 Å². The molecular formula is C29H29N9O. The molecule has 0 bridgehead atoms. The number of pyridine rings is 2. The van der Waals surface area contributed by atoms with Crippen molar-refractivity contribution in [2.24, 2.45) is 0 Å². The molecule has 0 atom stereocenters. The largest absolute Gasteiger partial charge is 0.493 e. The van der Waals surface area contributed by atoms with Crippen molar-refractivity contribution in [2.45, 2.75) is 25.3 Å². The first-order valence-electron chi connectivity index (χ1n) is 13.6. The summed E-state index contributed by atoms with van der Waals surface area (Å²) in [6.07, 6.45) is 7.30. The van der Waals surface area contributed by atoms with E-state index in [4.69, 9.17) is 25.5 Å². The smallest absolute Gasteiger partial charge is 0.167 e. The van der Waals surface area contributed by atoms with Crippen molar-refractivity contribution in [1.82, 2.24) is 34.2 Å². The minimum atomic E-state index is 0.421. The molecule has 2 fully saturated rings. The maximum absolute atomic E-state index is 6.30. The van der Waals surface area contributed by atoms with Crippen LogP contribution in [0.3, 0.4) is 0 Å². The lowest BCUT2D eigenvalue weighted by atomic mass is 10.1. The third-order valence-corrected chi connectivity index (χ3v) is 8.02. The molecule has 1 saturated carbocycles. The van der Waals surface area contributed by atoms with Gasteiger partial charge in [0.15, 0.2) is 23.1 Å². The van der Waals surface area contributed by atoms with Gasteiger partial charge >= 0.3 is 0 Å². The van der Waals surface area contributed by atoms with Crippen LogP contribution in [-0.4, -0.2) is 73.0 Å². The minimum Gasteiger partial charge on any atom is -0.493 e. The summed E-state index contributed by atoms with van der Waals surface area (Å²) in [4.78, 5) is 19.3. The second kappa shape index (κ2) is 8.81. The first-order chi connectivity index (χ1) is 19.2. The van der Waals surface area contributed by atoms with Gasteiger partial charge in [-0.05, 0) is 48.7 Å². The van der Waals surface area contributed by atoms with Gasteiger partial charge in [-0.2, -0.15) is 0 Å². The number of aromatic nitrogens is 6. The molecule has 2 aliphatic heterocycles. The maximum Gasteiger partial charge on any atom is 0.167 e. The highest BCUT2D eigenvalue weighted by Gasteiger charge is 2.31. The normalized spacial score (nSPS) is 17.5. The topological polar surface area (TPSA) is 103 Å². The number of hydrogen-bond acceptors (Lipinski definition) is 8. The van der Waals surface area contributed by atoms with Crippen molar-refractivity contribution in [1.29, 1.82) is 0 Å². The number of nitrogens with zero attached hydrogens (tertiary/aromatic N) is 8. The summed E-state index contributed by atoms with van der Waals surface area (Å²) in [5, 5.41) is 4.91. The quantitative estimate of drug-likeness (QED) is 0.377. The van der Waals surface area contributed by atoms with Crippen LogP contribution < -0.4 is 15.4 Å². The monoisotopic (exact) mass is 519 g/mol. The predicted octanol–water partition coefficient (Wildman–Crippen LogP) is 3.47. The average molecular weight is 520 g/mol. The number of hydrogen-bond donors (Lipinski definition) is 1. The summed E-state index contributed by atoms with van der Waals surface area (Å²) < 4.78 is 9.77. The fourth-order valence-corrected chi connectivity index (χ4v) is 5.77. The van der Waals surface area contributed by atoms with Gasteiger partial charge in [-0.15, -0.1) is 5.10 Å². The summed E-state index contributed by atoms with van der Waals surface area (Å²) in [6.45, 7) is 4.91. The average Bonchev–Trinajstić information content (AvgIpc) is 3.35. The molecule has 1 aromatic carbocycles. The zero-order valence-corrected chi connectivity index (χ0v) is 21.6. The first kappa shape index (κ1) is 22.5. The Morgan fingerprint density at radius 1 is 0.923 bits per heavy atom. The van der Waals surface area contributed by atoms with Gasteiger partial charge in [-0.25, -0.2) is 19.6 Å². The molecule has 1 saturated heterocycles. The van der Waals surface area contributed by atoms with Crippen molar-refractivity contribution in [3.8, 4) is 28.6 Å². The standard InChI is InChI=1S/C29H29N9O/c30-27-22(2-1-11-31-27)28-32-23-7-8-25(33-29(23)38(28)21-4-3-19-10-17-39-24(19)18-21)37-12-9-26(34-37)36-15-13-35(14-16-36)20-5-6-20/h1-4,7-9,11-12,18,20H,5-6,10,13-17H2,(H2,30,31). The Bertz CT molecular complexity index is 1690. The van der Waals surface area contributed by atoms with Crippen molar-refractivity contribution in [3.05, 3.63) is 66.5 Å². The van der Waals surface area contributed by atoms with Crippen LogP contribution in [0.15, 0.2) is 60.9 Å². The number of nitrogens with two attached hydrogens (primary N) is 1. The van der Waals surface area contributed by atoms with Crippen LogP contribution in [0.25, 0.3) is 34.1 Å². The Kier molecular flexibility index (Phi) is 5.09. The predicted molar refractivity (Wildman–Crippen MR) is 150 cm³/mol.